The minimum atomic E-state index is -0.703. The number of aromatic nitrogens is 2. The molecule has 1 aliphatic heterocycles. The van der Waals surface area contributed by atoms with Crippen LogP contribution in [0.4, 0.5) is 5.00 Å². The van der Waals surface area contributed by atoms with Crippen LogP contribution in [-0.4, -0.2) is 51.5 Å². The molecule has 0 unspecified atom stereocenters. The Morgan fingerprint density at radius 2 is 1.81 bits per heavy atom. The van der Waals surface area contributed by atoms with Crippen LogP contribution in [-0.2, 0) is 19.1 Å². The van der Waals surface area contributed by atoms with Gasteiger partial charge >= 0.3 is 5.97 Å². The minimum absolute atomic E-state index is 0.0630. The van der Waals surface area contributed by atoms with E-state index in [9.17, 15) is 24.0 Å². The summed E-state index contributed by atoms with van der Waals surface area (Å²) in [5, 5.41) is 8.86. The van der Waals surface area contributed by atoms with Crippen LogP contribution in [0, 0.1) is 0 Å². The largest absolute Gasteiger partial charge is 0.461 e. The third-order valence-electron chi connectivity index (χ3n) is 4.83. The summed E-state index contributed by atoms with van der Waals surface area (Å²) < 4.78 is 6.16. The van der Waals surface area contributed by atoms with Gasteiger partial charge in [0, 0.05) is 23.6 Å². The molecule has 1 aromatic carbocycles. The first kappa shape index (κ1) is 21.4. The molecule has 11 heteroatoms. The molecule has 1 aliphatic rings. The van der Waals surface area contributed by atoms with Crippen LogP contribution in [0.25, 0.3) is 16.5 Å². The zero-order chi connectivity index (χ0) is 22.8. The monoisotopic (exact) mass is 454 g/mol. The number of hydrogen-bond acceptors (Lipinski definition) is 8. The van der Waals surface area contributed by atoms with E-state index >= 15 is 0 Å². The molecule has 1 N–H and O–H groups in total. The summed E-state index contributed by atoms with van der Waals surface area (Å²) in [7, 11) is 0. The number of carbonyl (C=O) groups excluding carboxylic acids is 4. The molecule has 0 saturated carbocycles. The number of ether oxygens (including phenoxy) is 1. The van der Waals surface area contributed by atoms with Gasteiger partial charge in [0.2, 0.25) is 17.7 Å². The lowest BCUT2D eigenvalue weighted by molar-refractivity contribution is -0.141. The molecular weight excluding hydrogens is 436 g/mol. The number of anilines is 1. The summed E-state index contributed by atoms with van der Waals surface area (Å²) in [6, 6.07) is 8.53. The lowest BCUT2D eigenvalue weighted by Gasteiger charge is -2.13. The van der Waals surface area contributed by atoms with Crippen LogP contribution in [0.3, 0.4) is 0 Å². The summed E-state index contributed by atoms with van der Waals surface area (Å²) in [6.07, 6.45) is 0.148. The van der Waals surface area contributed by atoms with Crippen molar-refractivity contribution in [2.45, 2.75) is 19.8 Å². The van der Waals surface area contributed by atoms with Gasteiger partial charge in [-0.1, -0.05) is 18.2 Å². The molecule has 3 heterocycles. The van der Waals surface area contributed by atoms with Crippen LogP contribution >= 0.6 is 11.3 Å². The normalized spacial score (nSPS) is 13.6. The number of para-hydroxylation sites is 1. The fraction of sp³-hybridized carbons (Fsp3) is 0.238. The van der Waals surface area contributed by atoms with Gasteiger partial charge in [-0.15, -0.1) is 11.3 Å². The summed E-state index contributed by atoms with van der Waals surface area (Å²) in [5.41, 5.74) is -0.169. The van der Waals surface area contributed by atoms with Crippen LogP contribution in [0.1, 0.15) is 30.3 Å². The predicted octanol–water partition coefficient (Wildman–Crippen LogP) is 1.71. The second kappa shape index (κ2) is 8.71. The summed E-state index contributed by atoms with van der Waals surface area (Å²) in [5.74, 6) is -2.16. The number of fused-ring (bicyclic) bond motifs is 1. The number of carbonyl (C=O) groups is 4. The Labute approximate surface area is 185 Å². The topological polar surface area (TPSA) is 128 Å². The number of rotatable bonds is 6. The van der Waals surface area contributed by atoms with Crippen molar-refractivity contribution in [3.05, 3.63) is 51.8 Å². The van der Waals surface area contributed by atoms with Gasteiger partial charge in [-0.3, -0.25) is 24.1 Å². The maximum Gasteiger partial charge on any atom is 0.359 e. The van der Waals surface area contributed by atoms with Crippen molar-refractivity contribution < 1.29 is 23.9 Å². The van der Waals surface area contributed by atoms with Crippen molar-refractivity contribution in [1.82, 2.24) is 14.7 Å². The second-order valence-electron chi connectivity index (χ2n) is 6.90. The number of nitrogens with zero attached hydrogens (tertiary/aromatic N) is 3. The first-order valence-electron chi connectivity index (χ1n) is 9.80. The maximum atomic E-state index is 13.3. The molecule has 3 aromatic rings. The number of benzene rings is 1. The van der Waals surface area contributed by atoms with E-state index in [-0.39, 0.29) is 40.9 Å². The van der Waals surface area contributed by atoms with E-state index in [0.29, 0.717) is 5.69 Å². The molecular formula is C21H18N4O6S. The van der Waals surface area contributed by atoms with Crippen LogP contribution in [0.2, 0.25) is 0 Å². The highest BCUT2D eigenvalue weighted by Crippen LogP contribution is 2.30. The Balaban J connectivity index is 1.77. The Morgan fingerprint density at radius 1 is 1.12 bits per heavy atom. The standard InChI is InChI=1S/C21H18N4O6S/c1-2-31-21(30)18-13-11-32-19(22-14(26)10-24-15(27)8-9-16(24)28)17(13)20(29)25(23-18)12-6-4-3-5-7-12/h3-7,11H,2,8-10H2,1H3,(H,22,26). The molecule has 4 rings (SSSR count). The maximum absolute atomic E-state index is 13.3. The average molecular weight is 454 g/mol. The molecule has 3 amide bonds. The number of imide groups is 1. The molecule has 164 valence electrons. The molecule has 2 aromatic heterocycles. The molecule has 32 heavy (non-hydrogen) atoms. The van der Waals surface area contributed by atoms with Crippen molar-refractivity contribution >= 4 is 50.8 Å². The van der Waals surface area contributed by atoms with Crippen LogP contribution < -0.4 is 10.9 Å². The third-order valence-corrected chi connectivity index (χ3v) is 5.73. The highest BCUT2D eigenvalue weighted by atomic mass is 32.1. The summed E-state index contributed by atoms with van der Waals surface area (Å²) >= 11 is 1.04. The molecule has 0 radical (unpaired) electrons. The van der Waals surface area contributed by atoms with Gasteiger partial charge in [0.05, 0.1) is 17.7 Å². The Bertz CT molecular complexity index is 1280. The first-order valence-corrected chi connectivity index (χ1v) is 10.7. The van der Waals surface area contributed by atoms with Gasteiger partial charge in [-0.05, 0) is 19.1 Å². The fourth-order valence-corrected chi connectivity index (χ4v) is 4.30. The molecule has 0 bridgehead atoms. The van der Waals surface area contributed by atoms with Crippen molar-refractivity contribution in [2.75, 3.05) is 18.5 Å². The average Bonchev–Trinajstić information content (AvgIpc) is 3.33. The van der Waals surface area contributed by atoms with Crippen molar-refractivity contribution in [3.8, 4) is 5.69 Å². The molecule has 1 fully saturated rings. The lowest BCUT2D eigenvalue weighted by Crippen LogP contribution is -2.37. The van der Waals surface area contributed by atoms with Gasteiger partial charge in [0.25, 0.3) is 5.56 Å². The lowest BCUT2D eigenvalue weighted by atomic mass is 10.2. The smallest absolute Gasteiger partial charge is 0.359 e. The molecule has 0 atom stereocenters. The zero-order valence-electron chi connectivity index (χ0n) is 17.0. The fourth-order valence-electron chi connectivity index (χ4n) is 3.35. The Hall–Kier alpha value is -3.86. The number of amides is 3. The summed E-state index contributed by atoms with van der Waals surface area (Å²) in [4.78, 5) is 62.8. The van der Waals surface area contributed by atoms with Gasteiger partial charge < -0.3 is 10.1 Å². The highest BCUT2D eigenvalue weighted by molar-refractivity contribution is 7.16. The van der Waals surface area contributed by atoms with Crippen LogP contribution in [0.15, 0.2) is 40.5 Å². The van der Waals surface area contributed by atoms with E-state index < -0.39 is 35.8 Å². The second-order valence-corrected chi connectivity index (χ2v) is 7.78. The molecule has 0 aliphatic carbocycles. The van der Waals surface area contributed by atoms with E-state index in [0.717, 1.165) is 20.9 Å². The van der Waals surface area contributed by atoms with Gasteiger partial charge in [0.15, 0.2) is 5.69 Å². The number of esters is 1. The van der Waals surface area contributed by atoms with Crippen LogP contribution in [0.5, 0.6) is 0 Å². The highest BCUT2D eigenvalue weighted by Gasteiger charge is 2.31. The SMILES string of the molecule is CCOC(=O)c1nn(-c2ccccc2)c(=O)c2c(NC(=O)CN3C(=O)CCC3=O)scc12. The van der Waals surface area contributed by atoms with Gasteiger partial charge in [-0.25, -0.2) is 4.79 Å². The quantitative estimate of drug-likeness (QED) is 0.444. The van der Waals surface area contributed by atoms with E-state index in [1.165, 1.54) is 5.38 Å². The first-order chi connectivity index (χ1) is 15.4. The number of hydrogen-bond donors (Lipinski definition) is 1. The minimum Gasteiger partial charge on any atom is -0.461 e. The molecule has 1 saturated heterocycles. The summed E-state index contributed by atoms with van der Waals surface area (Å²) in [6.45, 7) is 1.33. The Morgan fingerprint density at radius 3 is 2.47 bits per heavy atom. The van der Waals surface area contributed by atoms with E-state index in [1.807, 2.05) is 0 Å². The molecule has 0 spiro atoms. The van der Waals surface area contributed by atoms with E-state index in [2.05, 4.69) is 10.4 Å². The number of thiophene rings is 1. The Kier molecular flexibility index (Phi) is 5.82. The zero-order valence-corrected chi connectivity index (χ0v) is 17.8. The number of nitrogens with one attached hydrogen (secondary N) is 1. The van der Waals surface area contributed by atoms with Crippen molar-refractivity contribution in [2.24, 2.45) is 0 Å². The van der Waals surface area contributed by atoms with E-state index in [1.54, 1.807) is 37.3 Å². The van der Waals surface area contributed by atoms with Gasteiger partial charge in [-0.2, -0.15) is 9.78 Å². The van der Waals surface area contributed by atoms with Crippen molar-refractivity contribution in [1.29, 1.82) is 0 Å². The third kappa shape index (κ3) is 3.89. The molecule has 10 nitrogen and oxygen atoms in total. The van der Waals surface area contributed by atoms with E-state index in [4.69, 9.17) is 4.74 Å². The predicted molar refractivity (Wildman–Crippen MR) is 116 cm³/mol. The van der Waals surface area contributed by atoms with Gasteiger partial charge in [0.1, 0.15) is 11.5 Å². The number of likely N-dealkylation sites (tertiary alicyclic amines) is 1. The van der Waals surface area contributed by atoms with Crippen molar-refractivity contribution in [3.63, 3.8) is 0 Å².